The predicted octanol–water partition coefficient (Wildman–Crippen LogP) is 4.98. The fraction of sp³-hybridized carbons (Fsp3) is 0.227. The van der Waals surface area contributed by atoms with Gasteiger partial charge in [0.25, 0.3) is 0 Å². The third-order valence-corrected chi connectivity index (χ3v) is 4.50. The van der Waals surface area contributed by atoms with Gasteiger partial charge in [0.2, 0.25) is 5.95 Å². The highest BCUT2D eigenvalue weighted by molar-refractivity contribution is 7.80. The number of hydrogen-bond acceptors (Lipinski definition) is 4. The molecule has 0 bridgehead atoms. The highest BCUT2D eigenvalue weighted by Gasteiger charge is 2.08. The summed E-state index contributed by atoms with van der Waals surface area (Å²) in [6.07, 6.45) is 1.93. The number of anilines is 3. The van der Waals surface area contributed by atoms with Crippen LogP contribution in [0.25, 0.3) is 0 Å². The highest BCUT2D eigenvalue weighted by atomic mass is 32.1. The van der Waals surface area contributed by atoms with Crippen LogP contribution in [-0.4, -0.2) is 21.1 Å². The number of rotatable bonds is 7. The van der Waals surface area contributed by atoms with E-state index in [-0.39, 0.29) is 11.9 Å². The number of aryl methyl sites for hydroxylation is 2. The van der Waals surface area contributed by atoms with Crippen molar-refractivity contribution < 1.29 is 4.39 Å². The predicted molar refractivity (Wildman–Crippen MR) is 120 cm³/mol. The molecule has 0 aliphatic rings. The summed E-state index contributed by atoms with van der Waals surface area (Å²) < 4.78 is 13.1. The lowest BCUT2D eigenvalue weighted by Gasteiger charge is -2.17. The Hall–Kier alpha value is -3.06. The minimum Gasteiger partial charge on any atom is -0.360 e. The molecule has 1 aromatic heterocycles. The molecule has 1 unspecified atom stereocenters. The van der Waals surface area contributed by atoms with Gasteiger partial charge >= 0.3 is 0 Å². The maximum Gasteiger partial charge on any atom is 0.231 e. The molecule has 2 aromatic carbocycles. The number of thiocarbonyl (C=S) groups is 1. The van der Waals surface area contributed by atoms with Gasteiger partial charge in [0.15, 0.2) is 5.11 Å². The Morgan fingerprint density at radius 1 is 1.07 bits per heavy atom. The third-order valence-electron chi connectivity index (χ3n) is 4.28. The summed E-state index contributed by atoms with van der Waals surface area (Å²) in [5.41, 5.74) is 2.83. The normalized spacial score (nSPS) is 11.6. The number of benzene rings is 2. The molecular weight excluding hydrogens is 385 g/mol. The number of hydrogen-bond donors (Lipinski definition) is 3. The highest BCUT2D eigenvalue weighted by Crippen LogP contribution is 2.17. The van der Waals surface area contributed by atoms with Crippen LogP contribution in [0.5, 0.6) is 0 Å². The summed E-state index contributed by atoms with van der Waals surface area (Å²) >= 11 is 5.41. The van der Waals surface area contributed by atoms with E-state index >= 15 is 0 Å². The van der Waals surface area contributed by atoms with Crippen molar-refractivity contribution in [2.45, 2.75) is 32.7 Å². The molecule has 0 fully saturated rings. The molecule has 0 aliphatic carbocycles. The summed E-state index contributed by atoms with van der Waals surface area (Å²) in [4.78, 5) is 8.82. The van der Waals surface area contributed by atoms with Gasteiger partial charge in [-0.15, -0.1) is 0 Å². The maximum atomic E-state index is 13.1. The van der Waals surface area contributed by atoms with Gasteiger partial charge in [0, 0.05) is 23.5 Å². The molecule has 1 atom stereocenters. The molecule has 0 radical (unpaired) electrons. The smallest absolute Gasteiger partial charge is 0.231 e. The topological polar surface area (TPSA) is 61.9 Å². The fourth-order valence-electron chi connectivity index (χ4n) is 2.83. The number of nitrogens with one attached hydrogen (secondary N) is 3. The molecule has 3 rings (SSSR count). The molecule has 5 nitrogen and oxygen atoms in total. The molecule has 7 heteroatoms. The van der Waals surface area contributed by atoms with E-state index in [1.54, 1.807) is 12.1 Å². The van der Waals surface area contributed by atoms with Gasteiger partial charge in [-0.1, -0.05) is 30.3 Å². The first kappa shape index (κ1) is 20.7. The second-order valence-electron chi connectivity index (χ2n) is 6.87. The van der Waals surface area contributed by atoms with Crippen molar-refractivity contribution in [2.75, 3.05) is 10.6 Å². The first-order chi connectivity index (χ1) is 14.0. The van der Waals surface area contributed by atoms with Crippen molar-refractivity contribution >= 4 is 34.8 Å². The zero-order chi connectivity index (χ0) is 20.6. The quantitative estimate of drug-likeness (QED) is 0.479. The SMILES string of the molecule is Cc1cc(Nc2ccc(F)cc2)nc(NC(=S)NC(C)CCc2ccccc2)n1. The van der Waals surface area contributed by atoms with Crippen LogP contribution in [-0.2, 0) is 6.42 Å². The average Bonchev–Trinajstić information content (AvgIpc) is 2.68. The standard InChI is InChI=1S/C22H24FN5S/c1-15(8-9-17-6-4-3-5-7-17)25-22(29)28-21-24-16(2)14-20(27-21)26-19-12-10-18(23)11-13-19/h3-7,10-15H,8-9H2,1-2H3,(H3,24,25,26,27,28,29). The minimum atomic E-state index is -0.283. The lowest BCUT2D eigenvalue weighted by Crippen LogP contribution is -2.36. The summed E-state index contributed by atoms with van der Waals surface area (Å²) in [6.45, 7) is 3.97. The van der Waals surface area contributed by atoms with E-state index in [1.165, 1.54) is 17.7 Å². The van der Waals surface area contributed by atoms with E-state index in [4.69, 9.17) is 12.2 Å². The molecule has 150 valence electrons. The Morgan fingerprint density at radius 3 is 2.52 bits per heavy atom. The van der Waals surface area contributed by atoms with Gasteiger partial charge in [-0.2, -0.15) is 4.98 Å². The van der Waals surface area contributed by atoms with Crippen molar-refractivity contribution in [1.82, 2.24) is 15.3 Å². The Balaban J connectivity index is 1.55. The van der Waals surface area contributed by atoms with E-state index in [9.17, 15) is 4.39 Å². The molecule has 0 aliphatic heterocycles. The van der Waals surface area contributed by atoms with Gasteiger partial charge in [-0.25, -0.2) is 9.37 Å². The van der Waals surface area contributed by atoms with Gasteiger partial charge in [0.1, 0.15) is 11.6 Å². The van der Waals surface area contributed by atoms with E-state index in [0.29, 0.717) is 16.9 Å². The van der Waals surface area contributed by atoms with E-state index in [2.05, 4.69) is 45.0 Å². The van der Waals surface area contributed by atoms with Crippen LogP contribution < -0.4 is 16.0 Å². The van der Waals surface area contributed by atoms with Crippen LogP contribution in [0.1, 0.15) is 24.6 Å². The van der Waals surface area contributed by atoms with Crippen LogP contribution in [0.2, 0.25) is 0 Å². The van der Waals surface area contributed by atoms with Crippen LogP contribution in [0.3, 0.4) is 0 Å². The van der Waals surface area contributed by atoms with Crippen LogP contribution >= 0.6 is 12.2 Å². The van der Waals surface area contributed by atoms with Crippen molar-refractivity contribution in [2.24, 2.45) is 0 Å². The van der Waals surface area contributed by atoms with Crippen molar-refractivity contribution in [3.05, 3.63) is 77.7 Å². The molecular formula is C22H24FN5S. The maximum absolute atomic E-state index is 13.1. The lowest BCUT2D eigenvalue weighted by atomic mass is 10.1. The van der Waals surface area contributed by atoms with Crippen LogP contribution in [0.15, 0.2) is 60.7 Å². The monoisotopic (exact) mass is 409 g/mol. The summed E-state index contributed by atoms with van der Waals surface area (Å²) in [5.74, 6) is 0.725. The molecule has 1 heterocycles. The van der Waals surface area contributed by atoms with Gasteiger partial charge in [-0.05, 0) is 68.7 Å². The lowest BCUT2D eigenvalue weighted by molar-refractivity contribution is 0.609. The second-order valence-corrected chi connectivity index (χ2v) is 7.28. The summed E-state index contributed by atoms with van der Waals surface area (Å²) in [5, 5.41) is 9.94. The van der Waals surface area contributed by atoms with E-state index in [0.717, 1.165) is 24.2 Å². The second kappa shape index (κ2) is 9.93. The molecule has 0 spiro atoms. The minimum absolute atomic E-state index is 0.205. The van der Waals surface area contributed by atoms with E-state index < -0.39 is 0 Å². The van der Waals surface area contributed by atoms with Gasteiger partial charge < -0.3 is 16.0 Å². The molecule has 3 aromatic rings. The van der Waals surface area contributed by atoms with E-state index in [1.807, 2.05) is 31.2 Å². The van der Waals surface area contributed by atoms with Crippen LogP contribution in [0.4, 0.5) is 21.8 Å². The Bertz CT molecular complexity index is 947. The summed E-state index contributed by atoms with van der Waals surface area (Å²) in [6, 6.07) is 18.5. The first-order valence-corrected chi connectivity index (χ1v) is 9.88. The Morgan fingerprint density at radius 2 is 1.79 bits per heavy atom. The number of nitrogens with zero attached hydrogens (tertiary/aromatic N) is 2. The summed E-state index contributed by atoms with van der Waals surface area (Å²) in [7, 11) is 0. The first-order valence-electron chi connectivity index (χ1n) is 9.47. The van der Waals surface area contributed by atoms with Crippen molar-refractivity contribution in [3.8, 4) is 0 Å². The molecule has 0 amide bonds. The van der Waals surface area contributed by atoms with Crippen LogP contribution in [0, 0.1) is 12.7 Å². The zero-order valence-corrected chi connectivity index (χ0v) is 17.3. The van der Waals surface area contributed by atoms with Gasteiger partial charge in [-0.3, -0.25) is 0 Å². The Labute approximate surface area is 175 Å². The molecule has 29 heavy (non-hydrogen) atoms. The fourth-order valence-corrected chi connectivity index (χ4v) is 3.12. The number of halogens is 1. The van der Waals surface area contributed by atoms with Crippen molar-refractivity contribution in [3.63, 3.8) is 0 Å². The van der Waals surface area contributed by atoms with Crippen molar-refractivity contribution in [1.29, 1.82) is 0 Å². The third kappa shape index (κ3) is 6.80. The molecule has 3 N–H and O–H groups in total. The molecule has 0 saturated heterocycles. The molecule has 0 saturated carbocycles. The largest absolute Gasteiger partial charge is 0.360 e. The number of aromatic nitrogens is 2. The Kier molecular flexibility index (Phi) is 7.08. The zero-order valence-electron chi connectivity index (χ0n) is 16.4. The van der Waals surface area contributed by atoms with Gasteiger partial charge in [0.05, 0.1) is 0 Å². The average molecular weight is 410 g/mol.